The zero-order valence-corrected chi connectivity index (χ0v) is 12.6. The molecule has 0 radical (unpaired) electrons. The lowest BCUT2D eigenvalue weighted by Gasteiger charge is -2.41. The van der Waals surface area contributed by atoms with Crippen molar-refractivity contribution in [3.8, 4) is 5.75 Å². The van der Waals surface area contributed by atoms with Crippen LogP contribution in [-0.2, 0) is 0 Å². The van der Waals surface area contributed by atoms with Gasteiger partial charge in [0.15, 0.2) is 0 Å². The molecule has 0 N–H and O–H groups in total. The van der Waals surface area contributed by atoms with Gasteiger partial charge in [0.05, 0.1) is 11.0 Å². The highest BCUT2D eigenvalue weighted by Crippen LogP contribution is 2.31. The van der Waals surface area contributed by atoms with Crippen LogP contribution in [0.5, 0.6) is 5.75 Å². The van der Waals surface area contributed by atoms with Gasteiger partial charge in [-0.1, -0.05) is 18.0 Å². The molecule has 1 saturated carbocycles. The van der Waals surface area contributed by atoms with E-state index in [1.54, 1.807) is 6.07 Å². The molecule has 5 nitrogen and oxygen atoms in total. The van der Waals surface area contributed by atoms with E-state index >= 15 is 0 Å². The first-order valence-corrected chi connectivity index (χ1v) is 7.86. The van der Waals surface area contributed by atoms with Gasteiger partial charge in [0.1, 0.15) is 16.9 Å². The number of halogens is 1. The number of benzene rings is 1. The lowest BCUT2D eigenvalue weighted by molar-refractivity contribution is -0.384. The van der Waals surface area contributed by atoms with E-state index in [2.05, 4.69) is 4.90 Å². The van der Waals surface area contributed by atoms with Crippen LogP contribution in [0.4, 0.5) is 5.69 Å². The maximum Gasteiger partial charge on any atom is 0.291 e. The van der Waals surface area contributed by atoms with Gasteiger partial charge in [0.2, 0.25) is 0 Å². The van der Waals surface area contributed by atoms with Crippen molar-refractivity contribution in [2.45, 2.75) is 44.2 Å². The summed E-state index contributed by atoms with van der Waals surface area (Å²) in [6.45, 7) is 2.12. The summed E-state index contributed by atoms with van der Waals surface area (Å²) in [5.74, 6) is 0.535. The van der Waals surface area contributed by atoms with Crippen LogP contribution < -0.4 is 4.74 Å². The molecule has 1 saturated heterocycles. The highest BCUT2D eigenvalue weighted by molar-refractivity contribution is 6.32. The first kappa shape index (κ1) is 14.6. The summed E-state index contributed by atoms with van der Waals surface area (Å²) in [4.78, 5) is 13.0. The van der Waals surface area contributed by atoms with Crippen molar-refractivity contribution in [3.63, 3.8) is 0 Å². The molecule has 6 heteroatoms. The summed E-state index contributed by atoms with van der Waals surface area (Å²) in [6, 6.07) is 5.43. The number of rotatable bonds is 4. The minimum absolute atomic E-state index is 0.0962. The number of nitro benzene ring substituents is 1. The number of nitro groups is 1. The predicted octanol–water partition coefficient (Wildman–Crippen LogP) is 3.64. The van der Waals surface area contributed by atoms with Crippen LogP contribution in [-0.4, -0.2) is 35.1 Å². The molecule has 3 rings (SSSR count). The van der Waals surface area contributed by atoms with E-state index in [-0.39, 0.29) is 16.8 Å². The molecule has 0 spiro atoms. The number of hydrogen-bond acceptors (Lipinski definition) is 4. The molecule has 0 aromatic heterocycles. The number of nitrogens with zero attached hydrogens (tertiary/aromatic N) is 2. The number of likely N-dealkylation sites (tertiary alicyclic amines) is 1. The predicted molar refractivity (Wildman–Crippen MR) is 81.0 cm³/mol. The topological polar surface area (TPSA) is 55.6 Å². The Balaban J connectivity index is 1.57. The quantitative estimate of drug-likeness (QED) is 0.629. The summed E-state index contributed by atoms with van der Waals surface area (Å²) in [6.07, 6.45) is 6.11. The third kappa shape index (κ3) is 3.30. The summed E-state index contributed by atoms with van der Waals surface area (Å²) < 4.78 is 5.89. The Morgan fingerprint density at radius 2 is 1.95 bits per heavy atom. The Labute approximate surface area is 129 Å². The molecule has 1 aliphatic heterocycles. The largest absolute Gasteiger partial charge is 0.490 e. The fraction of sp³-hybridized carbons (Fsp3) is 0.600. The van der Waals surface area contributed by atoms with Gasteiger partial charge < -0.3 is 9.64 Å². The highest BCUT2D eigenvalue weighted by Gasteiger charge is 2.29. The van der Waals surface area contributed by atoms with Gasteiger partial charge in [-0.05, 0) is 37.8 Å². The molecule has 0 unspecified atom stereocenters. The lowest BCUT2D eigenvalue weighted by atomic mass is 9.90. The van der Waals surface area contributed by atoms with E-state index in [4.69, 9.17) is 16.3 Å². The SMILES string of the molecule is O=[N+]([O-])c1cc(OC2CCN(C3CCC3)CC2)ccc1Cl. The zero-order valence-electron chi connectivity index (χ0n) is 11.8. The molecule has 21 heavy (non-hydrogen) atoms. The normalized spacial score (nSPS) is 21.0. The Morgan fingerprint density at radius 1 is 1.24 bits per heavy atom. The Bertz CT molecular complexity index is 526. The van der Waals surface area contributed by atoms with E-state index in [9.17, 15) is 10.1 Å². The second kappa shape index (κ2) is 6.20. The molecule has 0 amide bonds. The molecule has 0 atom stereocenters. The second-order valence-corrected chi connectivity index (χ2v) is 6.22. The average molecular weight is 311 g/mol. The van der Waals surface area contributed by atoms with Crippen molar-refractivity contribution < 1.29 is 9.66 Å². The van der Waals surface area contributed by atoms with Gasteiger partial charge in [-0.25, -0.2) is 0 Å². The molecule has 1 aromatic rings. The number of ether oxygens (including phenoxy) is 1. The second-order valence-electron chi connectivity index (χ2n) is 5.81. The summed E-state index contributed by atoms with van der Waals surface area (Å²) in [5, 5.41) is 11.0. The van der Waals surface area contributed by atoms with Crippen molar-refractivity contribution in [1.82, 2.24) is 4.90 Å². The Kier molecular flexibility index (Phi) is 4.31. The summed E-state index contributed by atoms with van der Waals surface area (Å²) in [7, 11) is 0. The van der Waals surface area contributed by atoms with Crippen LogP contribution in [0.1, 0.15) is 32.1 Å². The lowest BCUT2D eigenvalue weighted by Crippen LogP contribution is -2.46. The molecule has 2 aliphatic rings. The van der Waals surface area contributed by atoms with Crippen LogP contribution in [0.3, 0.4) is 0 Å². The van der Waals surface area contributed by atoms with Gasteiger partial charge >= 0.3 is 0 Å². The summed E-state index contributed by atoms with van der Waals surface area (Å²) >= 11 is 5.81. The zero-order chi connectivity index (χ0) is 14.8. The van der Waals surface area contributed by atoms with Crippen LogP contribution in [0.25, 0.3) is 0 Å². The van der Waals surface area contributed by atoms with Gasteiger partial charge in [0, 0.05) is 19.1 Å². The van der Waals surface area contributed by atoms with Crippen LogP contribution in [0.2, 0.25) is 5.02 Å². The molecular weight excluding hydrogens is 292 g/mol. The fourth-order valence-electron chi connectivity index (χ4n) is 3.01. The maximum atomic E-state index is 10.9. The van der Waals surface area contributed by atoms with Gasteiger partial charge in [-0.3, -0.25) is 10.1 Å². The van der Waals surface area contributed by atoms with Crippen molar-refractivity contribution in [2.75, 3.05) is 13.1 Å². The fourth-order valence-corrected chi connectivity index (χ4v) is 3.20. The smallest absolute Gasteiger partial charge is 0.291 e. The third-order valence-corrected chi connectivity index (χ3v) is 4.80. The van der Waals surface area contributed by atoms with E-state index in [1.165, 1.54) is 31.4 Å². The average Bonchev–Trinajstić information content (AvgIpc) is 2.41. The van der Waals surface area contributed by atoms with E-state index in [0.29, 0.717) is 5.75 Å². The molecular formula is C15H19ClN2O3. The number of piperidine rings is 1. The van der Waals surface area contributed by atoms with Crippen LogP contribution in [0.15, 0.2) is 18.2 Å². The van der Waals surface area contributed by atoms with Crippen molar-refractivity contribution >= 4 is 17.3 Å². The molecule has 2 fully saturated rings. The van der Waals surface area contributed by atoms with E-state index in [1.807, 2.05) is 0 Å². The third-order valence-electron chi connectivity index (χ3n) is 4.48. The molecule has 1 aliphatic carbocycles. The molecule has 1 heterocycles. The Morgan fingerprint density at radius 3 is 2.52 bits per heavy atom. The van der Waals surface area contributed by atoms with Gasteiger partial charge in [-0.2, -0.15) is 0 Å². The van der Waals surface area contributed by atoms with Crippen LogP contribution in [0, 0.1) is 10.1 Å². The molecule has 114 valence electrons. The minimum Gasteiger partial charge on any atom is -0.490 e. The first-order valence-electron chi connectivity index (χ1n) is 7.48. The minimum atomic E-state index is -0.478. The maximum absolute atomic E-state index is 10.9. The molecule has 0 bridgehead atoms. The van der Waals surface area contributed by atoms with Crippen molar-refractivity contribution in [2.24, 2.45) is 0 Å². The Hall–Kier alpha value is -1.33. The van der Waals surface area contributed by atoms with Crippen molar-refractivity contribution in [1.29, 1.82) is 0 Å². The van der Waals surface area contributed by atoms with E-state index in [0.717, 1.165) is 32.0 Å². The highest BCUT2D eigenvalue weighted by atomic mass is 35.5. The van der Waals surface area contributed by atoms with E-state index < -0.39 is 4.92 Å². The van der Waals surface area contributed by atoms with Gasteiger partial charge in [-0.15, -0.1) is 0 Å². The first-order chi connectivity index (χ1) is 10.1. The summed E-state index contributed by atoms with van der Waals surface area (Å²) in [5.41, 5.74) is -0.0962. The number of hydrogen-bond donors (Lipinski definition) is 0. The monoisotopic (exact) mass is 310 g/mol. The standard InChI is InChI=1S/C15H19ClN2O3/c16-14-5-4-13(10-15(14)18(19)20)21-12-6-8-17(9-7-12)11-2-1-3-11/h4-5,10-12H,1-3,6-9H2. The molecule has 1 aromatic carbocycles. The van der Waals surface area contributed by atoms with Crippen molar-refractivity contribution in [3.05, 3.63) is 33.3 Å². The van der Waals surface area contributed by atoms with Gasteiger partial charge in [0.25, 0.3) is 5.69 Å². The van der Waals surface area contributed by atoms with Crippen LogP contribution >= 0.6 is 11.6 Å².